The number of carbonyl (C=O) groups is 1. The number of nitrogens with one attached hydrogen (secondary N) is 1. The zero-order valence-corrected chi connectivity index (χ0v) is 14.5. The topological polar surface area (TPSA) is 85.0 Å². The van der Waals surface area contributed by atoms with E-state index in [1.54, 1.807) is 43.0 Å². The van der Waals surface area contributed by atoms with E-state index in [2.05, 4.69) is 15.4 Å². The van der Waals surface area contributed by atoms with E-state index >= 15 is 0 Å². The highest BCUT2D eigenvalue weighted by molar-refractivity contribution is 5.91. The first-order valence-corrected chi connectivity index (χ1v) is 7.96. The second kappa shape index (κ2) is 6.52. The third-order valence-electron chi connectivity index (χ3n) is 4.10. The van der Waals surface area contributed by atoms with Crippen LogP contribution in [-0.4, -0.2) is 30.3 Å². The van der Waals surface area contributed by atoms with E-state index in [-0.39, 0.29) is 12.3 Å². The summed E-state index contributed by atoms with van der Waals surface area (Å²) in [5.74, 6) is 0.975. The number of aryl methyl sites for hydroxylation is 2. The van der Waals surface area contributed by atoms with Crippen LogP contribution in [0, 0.1) is 0 Å². The number of carbonyl (C=O) groups excluding carboxylic acids is 1. The van der Waals surface area contributed by atoms with Crippen molar-refractivity contribution < 1.29 is 9.90 Å². The van der Waals surface area contributed by atoms with Gasteiger partial charge in [0, 0.05) is 32.6 Å². The van der Waals surface area contributed by atoms with Crippen LogP contribution < -0.4 is 5.32 Å². The van der Waals surface area contributed by atoms with Gasteiger partial charge in [-0.3, -0.25) is 9.48 Å². The lowest BCUT2D eigenvalue weighted by Gasteiger charge is -2.23. The Hall–Kier alpha value is -2.93. The van der Waals surface area contributed by atoms with Crippen molar-refractivity contribution in [2.75, 3.05) is 5.32 Å². The van der Waals surface area contributed by atoms with Crippen LogP contribution in [0.2, 0.25) is 0 Å². The molecule has 1 atom stereocenters. The minimum Gasteiger partial charge on any atom is -0.385 e. The summed E-state index contributed by atoms with van der Waals surface area (Å²) in [6.45, 7) is 1.63. The van der Waals surface area contributed by atoms with E-state index in [0.29, 0.717) is 22.9 Å². The van der Waals surface area contributed by atoms with Gasteiger partial charge >= 0.3 is 0 Å². The molecule has 25 heavy (non-hydrogen) atoms. The lowest BCUT2D eigenvalue weighted by molar-refractivity contribution is -0.120. The van der Waals surface area contributed by atoms with Crippen molar-refractivity contribution >= 4 is 11.7 Å². The average Bonchev–Trinajstić information content (AvgIpc) is 3.14. The highest BCUT2D eigenvalue weighted by Crippen LogP contribution is 2.25. The normalized spacial score (nSPS) is 13.4. The summed E-state index contributed by atoms with van der Waals surface area (Å²) in [6.07, 6.45) is 3.47. The Balaban J connectivity index is 1.73. The molecule has 2 N–H and O–H groups in total. The van der Waals surface area contributed by atoms with Crippen LogP contribution in [0.3, 0.4) is 0 Å². The lowest BCUT2D eigenvalue weighted by atomic mass is 9.92. The van der Waals surface area contributed by atoms with Gasteiger partial charge in [-0.15, -0.1) is 0 Å². The zero-order chi connectivity index (χ0) is 18.0. The van der Waals surface area contributed by atoms with E-state index in [4.69, 9.17) is 0 Å². The maximum Gasteiger partial charge on any atom is 0.228 e. The van der Waals surface area contributed by atoms with Gasteiger partial charge < -0.3 is 15.0 Å². The van der Waals surface area contributed by atoms with Crippen molar-refractivity contribution in [2.24, 2.45) is 14.1 Å². The highest BCUT2D eigenvalue weighted by atomic mass is 16.3. The number of aliphatic hydroxyl groups is 1. The van der Waals surface area contributed by atoms with Crippen LogP contribution in [-0.2, 0) is 24.5 Å². The minimum absolute atomic E-state index is 0.0556. The number of anilines is 1. The van der Waals surface area contributed by atoms with Gasteiger partial charge in [-0.2, -0.15) is 5.10 Å². The predicted molar refractivity (Wildman–Crippen MR) is 94.7 cm³/mol. The summed E-state index contributed by atoms with van der Waals surface area (Å²) in [6, 6.07) is 10.9. The molecule has 0 aliphatic rings. The zero-order valence-electron chi connectivity index (χ0n) is 14.5. The fourth-order valence-electron chi connectivity index (χ4n) is 2.70. The monoisotopic (exact) mass is 339 g/mol. The molecule has 7 heteroatoms. The summed E-state index contributed by atoms with van der Waals surface area (Å²) in [5.41, 5.74) is 0.121. The molecular formula is C18H21N5O2. The lowest BCUT2D eigenvalue weighted by Crippen LogP contribution is -2.28. The van der Waals surface area contributed by atoms with Gasteiger partial charge in [0.2, 0.25) is 5.91 Å². The number of benzene rings is 1. The Labute approximate surface area is 145 Å². The smallest absolute Gasteiger partial charge is 0.228 e. The van der Waals surface area contributed by atoms with Crippen molar-refractivity contribution in [1.29, 1.82) is 0 Å². The molecule has 3 rings (SSSR count). The van der Waals surface area contributed by atoms with E-state index in [1.807, 2.05) is 36.0 Å². The molecule has 7 nitrogen and oxygen atoms in total. The van der Waals surface area contributed by atoms with Gasteiger partial charge in [0.25, 0.3) is 0 Å². The molecule has 2 heterocycles. The maximum atomic E-state index is 12.4. The van der Waals surface area contributed by atoms with Crippen LogP contribution in [0.5, 0.6) is 0 Å². The summed E-state index contributed by atoms with van der Waals surface area (Å²) in [4.78, 5) is 16.6. The third-order valence-corrected chi connectivity index (χ3v) is 4.10. The Morgan fingerprint density at radius 1 is 1.28 bits per heavy atom. The first-order valence-electron chi connectivity index (χ1n) is 7.96. The largest absolute Gasteiger partial charge is 0.385 e. The van der Waals surface area contributed by atoms with Crippen molar-refractivity contribution in [3.8, 4) is 11.5 Å². The summed E-state index contributed by atoms with van der Waals surface area (Å²) < 4.78 is 3.44. The summed E-state index contributed by atoms with van der Waals surface area (Å²) in [7, 11) is 3.63. The van der Waals surface area contributed by atoms with Crippen molar-refractivity contribution in [1.82, 2.24) is 19.3 Å². The SMILES string of the molecule is Cn1ccnc1-c1cc(NC(=O)CC(C)(O)c2ccccc2)n(C)n1. The molecule has 0 saturated heterocycles. The molecule has 2 aromatic heterocycles. The Bertz CT molecular complexity index is 880. The fraction of sp³-hybridized carbons (Fsp3) is 0.278. The van der Waals surface area contributed by atoms with Crippen LogP contribution in [0.1, 0.15) is 18.9 Å². The number of nitrogens with zero attached hydrogens (tertiary/aromatic N) is 4. The van der Waals surface area contributed by atoms with Crippen LogP contribution in [0.25, 0.3) is 11.5 Å². The molecule has 0 spiro atoms. The quantitative estimate of drug-likeness (QED) is 0.745. The standard InChI is InChI=1S/C18H21N5O2/c1-18(25,13-7-5-4-6-8-13)12-16(24)20-15-11-14(21-23(15)3)17-19-9-10-22(17)2/h4-11,25H,12H2,1-3H3,(H,20,24). The minimum atomic E-state index is -1.24. The first kappa shape index (κ1) is 16.9. The number of rotatable bonds is 5. The molecule has 0 fully saturated rings. The molecule has 0 saturated carbocycles. The second-order valence-electron chi connectivity index (χ2n) is 6.27. The fourth-order valence-corrected chi connectivity index (χ4v) is 2.70. The third kappa shape index (κ3) is 3.61. The first-order chi connectivity index (χ1) is 11.9. The van der Waals surface area contributed by atoms with E-state index in [1.165, 1.54) is 0 Å². The van der Waals surface area contributed by atoms with Gasteiger partial charge in [-0.1, -0.05) is 30.3 Å². The number of hydrogen-bond donors (Lipinski definition) is 2. The van der Waals surface area contributed by atoms with E-state index in [0.717, 1.165) is 0 Å². The molecule has 0 aliphatic heterocycles. The van der Waals surface area contributed by atoms with Crippen LogP contribution in [0.15, 0.2) is 48.8 Å². The van der Waals surface area contributed by atoms with Crippen LogP contribution in [0.4, 0.5) is 5.82 Å². The second-order valence-corrected chi connectivity index (χ2v) is 6.27. The van der Waals surface area contributed by atoms with Crippen molar-refractivity contribution in [2.45, 2.75) is 18.9 Å². The molecule has 1 aromatic carbocycles. The van der Waals surface area contributed by atoms with Gasteiger partial charge in [0.1, 0.15) is 11.5 Å². The Kier molecular flexibility index (Phi) is 4.41. The molecule has 0 radical (unpaired) electrons. The summed E-state index contributed by atoms with van der Waals surface area (Å²) in [5, 5.41) is 17.8. The van der Waals surface area contributed by atoms with Crippen molar-refractivity contribution in [3.05, 3.63) is 54.4 Å². The van der Waals surface area contributed by atoms with Gasteiger partial charge in [-0.05, 0) is 12.5 Å². The molecule has 130 valence electrons. The summed E-state index contributed by atoms with van der Waals surface area (Å²) >= 11 is 0. The van der Waals surface area contributed by atoms with Gasteiger partial charge in [0.05, 0.1) is 12.0 Å². The number of amides is 1. The van der Waals surface area contributed by atoms with E-state index < -0.39 is 5.60 Å². The Morgan fingerprint density at radius 2 is 2.00 bits per heavy atom. The molecular weight excluding hydrogens is 318 g/mol. The molecule has 0 aliphatic carbocycles. The average molecular weight is 339 g/mol. The molecule has 1 unspecified atom stereocenters. The maximum absolute atomic E-state index is 12.4. The van der Waals surface area contributed by atoms with Crippen molar-refractivity contribution in [3.63, 3.8) is 0 Å². The number of hydrogen-bond acceptors (Lipinski definition) is 4. The Morgan fingerprint density at radius 3 is 2.64 bits per heavy atom. The van der Waals surface area contributed by atoms with E-state index in [9.17, 15) is 9.90 Å². The predicted octanol–water partition coefficient (Wildman–Crippen LogP) is 2.06. The van der Waals surface area contributed by atoms with Gasteiger partial charge in [0.15, 0.2) is 5.82 Å². The molecule has 1 amide bonds. The molecule has 0 bridgehead atoms. The number of aromatic nitrogens is 4. The number of imidazole rings is 1. The molecule has 3 aromatic rings. The van der Waals surface area contributed by atoms with Gasteiger partial charge in [-0.25, -0.2) is 4.98 Å². The van der Waals surface area contributed by atoms with Crippen LogP contribution >= 0.6 is 0 Å². The highest BCUT2D eigenvalue weighted by Gasteiger charge is 2.27.